The summed E-state index contributed by atoms with van der Waals surface area (Å²) in [6.45, 7) is 6.65. The Morgan fingerprint density at radius 1 is 1.18 bits per heavy atom. The lowest BCUT2D eigenvalue weighted by molar-refractivity contribution is 0.590. The summed E-state index contributed by atoms with van der Waals surface area (Å²) in [5.74, 6) is 0.657. The molecule has 0 aliphatic rings. The van der Waals surface area contributed by atoms with E-state index in [-0.39, 0.29) is 5.41 Å². The van der Waals surface area contributed by atoms with Crippen LogP contribution in [-0.2, 0) is 11.8 Å². The molecule has 0 radical (unpaired) electrons. The molecule has 0 fully saturated rings. The molecular formula is C14H19N3. The van der Waals surface area contributed by atoms with Gasteiger partial charge in [-0.1, -0.05) is 45.0 Å². The first-order valence-corrected chi connectivity index (χ1v) is 5.84. The monoisotopic (exact) mass is 229 g/mol. The minimum atomic E-state index is 0.202. The van der Waals surface area contributed by atoms with Gasteiger partial charge in [0.1, 0.15) is 5.82 Å². The van der Waals surface area contributed by atoms with Crippen molar-refractivity contribution in [1.82, 2.24) is 10.2 Å². The average Bonchev–Trinajstić information content (AvgIpc) is 2.64. The number of nitrogens with one attached hydrogen (secondary N) is 1. The third-order valence-corrected chi connectivity index (χ3v) is 2.97. The number of nitrogen functional groups attached to an aromatic ring is 1. The van der Waals surface area contributed by atoms with Crippen molar-refractivity contribution in [1.29, 1.82) is 0 Å². The summed E-state index contributed by atoms with van der Waals surface area (Å²) in [5.41, 5.74) is 9.62. The lowest BCUT2D eigenvalue weighted by Crippen LogP contribution is -2.10. The molecule has 0 bridgehead atoms. The number of H-pyrrole nitrogens is 1. The molecule has 1 aromatic carbocycles. The van der Waals surface area contributed by atoms with Gasteiger partial charge in [-0.15, -0.1) is 0 Å². The predicted octanol–water partition coefficient (Wildman–Crippen LogP) is 2.88. The first kappa shape index (κ1) is 11.7. The van der Waals surface area contributed by atoms with E-state index < -0.39 is 0 Å². The number of benzene rings is 1. The number of hydrogen-bond acceptors (Lipinski definition) is 2. The van der Waals surface area contributed by atoms with Crippen LogP contribution in [0.25, 0.3) is 0 Å². The summed E-state index contributed by atoms with van der Waals surface area (Å²) >= 11 is 0. The maximum atomic E-state index is 5.77. The molecular weight excluding hydrogens is 210 g/mol. The van der Waals surface area contributed by atoms with Crippen LogP contribution in [0.3, 0.4) is 0 Å². The van der Waals surface area contributed by atoms with Crippen LogP contribution in [0.1, 0.15) is 37.5 Å². The fourth-order valence-corrected chi connectivity index (χ4v) is 1.80. The topological polar surface area (TPSA) is 54.7 Å². The van der Waals surface area contributed by atoms with Gasteiger partial charge in [0.2, 0.25) is 0 Å². The number of aromatic nitrogens is 2. The number of anilines is 1. The summed E-state index contributed by atoms with van der Waals surface area (Å²) in [6.07, 6.45) is 2.61. The molecule has 3 heteroatoms. The fourth-order valence-electron chi connectivity index (χ4n) is 1.80. The Labute approximate surface area is 102 Å². The number of nitrogens with zero attached hydrogens (tertiary/aromatic N) is 1. The van der Waals surface area contributed by atoms with Crippen LogP contribution in [0.4, 0.5) is 5.82 Å². The van der Waals surface area contributed by atoms with Gasteiger partial charge in [0.25, 0.3) is 0 Å². The Bertz CT molecular complexity index is 489. The summed E-state index contributed by atoms with van der Waals surface area (Å²) in [7, 11) is 0. The molecule has 1 aromatic heterocycles. The Balaban J connectivity index is 2.17. The summed E-state index contributed by atoms with van der Waals surface area (Å²) in [5, 5.41) is 6.68. The Morgan fingerprint density at radius 2 is 1.82 bits per heavy atom. The summed E-state index contributed by atoms with van der Waals surface area (Å²) < 4.78 is 0. The van der Waals surface area contributed by atoms with Crippen LogP contribution >= 0.6 is 0 Å². The normalized spacial score (nSPS) is 11.7. The second-order valence-corrected chi connectivity index (χ2v) is 5.43. The molecule has 0 amide bonds. The minimum Gasteiger partial charge on any atom is -0.384 e. The van der Waals surface area contributed by atoms with Crippen LogP contribution in [-0.4, -0.2) is 10.2 Å². The van der Waals surface area contributed by atoms with Crippen molar-refractivity contribution in [3.05, 3.63) is 47.2 Å². The Morgan fingerprint density at radius 3 is 2.29 bits per heavy atom. The van der Waals surface area contributed by atoms with E-state index in [9.17, 15) is 0 Å². The standard InChI is InChI=1S/C14H19N3/c1-14(2,3)12-6-4-10(5-7-12)8-11-9-16-17-13(11)15/h4-7,9H,8H2,1-3H3,(H3,15,16,17). The van der Waals surface area contributed by atoms with Crippen LogP contribution in [0.15, 0.2) is 30.5 Å². The Kier molecular flexibility index (Phi) is 2.92. The van der Waals surface area contributed by atoms with E-state index in [1.165, 1.54) is 11.1 Å². The van der Waals surface area contributed by atoms with Crippen molar-refractivity contribution in [3.8, 4) is 0 Å². The number of rotatable bonds is 2. The van der Waals surface area contributed by atoms with Crippen molar-refractivity contribution < 1.29 is 0 Å². The van der Waals surface area contributed by atoms with E-state index in [4.69, 9.17) is 5.73 Å². The molecule has 0 aliphatic heterocycles. The quantitative estimate of drug-likeness (QED) is 0.832. The molecule has 0 saturated heterocycles. The third kappa shape index (κ3) is 2.67. The van der Waals surface area contributed by atoms with Gasteiger partial charge in [-0.2, -0.15) is 5.10 Å². The molecule has 3 N–H and O–H groups in total. The van der Waals surface area contributed by atoms with E-state index in [0.29, 0.717) is 5.82 Å². The second kappa shape index (κ2) is 4.24. The molecule has 0 saturated carbocycles. The fraction of sp³-hybridized carbons (Fsp3) is 0.357. The first-order valence-electron chi connectivity index (χ1n) is 5.84. The average molecular weight is 229 g/mol. The predicted molar refractivity (Wildman–Crippen MR) is 70.9 cm³/mol. The van der Waals surface area contributed by atoms with Crippen LogP contribution in [0, 0.1) is 0 Å². The molecule has 0 spiro atoms. The van der Waals surface area contributed by atoms with E-state index in [2.05, 4.69) is 55.2 Å². The van der Waals surface area contributed by atoms with Crippen LogP contribution in [0.5, 0.6) is 0 Å². The van der Waals surface area contributed by atoms with Gasteiger partial charge in [-0.05, 0) is 16.5 Å². The number of hydrogen-bond donors (Lipinski definition) is 2. The highest BCUT2D eigenvalue weighted by molar-refractivity contribution is 5.41. The molecule has 0 aliphatic carbocycles. The number of aromatic amines is 1. The molecule has 3 nitrogen and oxygen atoms in total. The van der Waals surface area contributed by atoms with Gasteiger partial charge in [-0.25, -0.2) is 0 Å². The largest absolute Gasteiger partial charge is 0.384 e. The maximum Gasteiger partial charge on any atom is 0.122 e. The van der Waals surface area contributed by atoms with E-state index >= 15 is 0 Å². The van der Waals surface area contributed by atoms with Gasteiger partial charge >= 0.3 is 0 Å². The van der Waals surface area contributed by atoms with E-state index in [1.807, 2.05) is 0 Å². The second-order valence-electron chi connectivity index (χ2n) is 5.43. The zero-order chi connectivity index (χ0) is 12.5. The summed E-state index contributed by atoms with van der Waals surface area (Å²) in [4.78, 5) is 0. The smallest absolute Gasteiger partial charge is 0.122 e. The molecule has 90 valence electrons. The highest BCUT2D eigenvalue weighted by atomic mass is 15.1. The highest BCUT2D eigenvalue weighted by Gasteiger charge is 2.13. The minimum absolute atomic E-state index is 0.202. The molecule has 2 aromatic rings. The van der Waals surface area contributed by atoms with E-state index in [0.717, 1.165) is 12.0 Å². The van der Waals surface area contributed by atoms with E-state index in [1.54, 1.807) is 6.20 Å². The lowest BCUT2D eigenvalue weighted by Gasteiger charge is -2.19. The van der Waals surface area contributed by atoms with Crippen molar-refractivity contribution in [2.75, 3.05) is 5.73 Å². The first-order chi connectivity index (χ1) is 7.97. The van der Waals surface area contributed by atoms with Crippen LogP contribution < -0.4 is 5.73 Å². The molecule has 2 rings (SSSR count). The van der Waals surface area contributed by atoms with Crippen molar-refractivity contribution in [2.45, 2.75) is 32.6 Å². The molecule has 1 heterocycles. The number of nitrogens with two attached hydrogens (primary N) is 1. The van der Waals surface area contributed by atoms with Gasteiger partial charge < -0.3 is 5.73 Å². The van der Waals surface area contributed by atoms with Crippen molar-refractivity contribution in [3.63, 3.8) is 0 Å². The third-order valence-electron chi connectivity index (χ3n) is 2.97. The molecule has 0 unspecified atom stereocenters. The van der Waals surface area contributed by atoms with Gasteiger partial charge in [0.15, 0.2) is 0 Å². The SMILES string of the molecule is CC(C)(C)c1ccc(Cc2cn[nH]c2N)cc1. The molecule has 17 heavy (non-hydrogen) atoms. The van der Waals surface area contributed by atoms with Crippen LogP contribution in [0.2, 0.25) is 0 Å². The van der Waals surface area contributed by atoms with Gasteiger partial charge in [0.05, 0.1) is 6.20 Å². The van der Waals surface area contributed by atoms with Gasteiger partial charge in [0, 0.05) is 12.0 Å². The summed E-state index contributed by atoms with van der Waals surface area (Å²) in [6, 6.07) is 8.69. The zero-order valence-electron chi connectivity index (χ0n) is 10.6. The van der Waals surface area contributed by atoms with Crippen molar-refractivity contribution in [2.24, 2.45) is 0 Å². The Hall–Kier alpha value is -1.77. The van der Waals surface area contributed by atoms with Gasteiger partial charge in [-0.3, -0.25) is 5.10 Å². The maximum absolute atomic E-state index is 5.77. The van der Waals surface area contributed by atoms with Crippen molar-refractivity contribution >= 4 is 5.82 Å². The lowest BCUT2D eigenvalue weighted by atomic mass is 9.86. The zero-order valence-corrected chi connectivity index (χ0v) is 10.6. The highest BCUT2D eigenvalue weighted by Crippen LogP contribution is 2.23. The molecule has 0 atom stereocenters.